The standard InChI is InChI=1S/C12H10BrNO3/c1-6-3-7(13)4-9-8(6)5-10(12(16)17-2)14-11(9)15/h3-5H,1-2H3,(H,14,15). The first kappa shape index (κ1) is 11.9. The summed E-state index contributed by atoms with van der Waals surface area (Å²) < 4.78 is 5.42. The lowest BCUT2D eigenvalue weighted by atomic mass is 10.1. The number of esters is 1. The minimum atomic E-state index is -0.550. The van der Waals surface area contributed by atoms with Crippen LogP contribution in [-0.4, -0.2) is 18.1 Å². The first-order valence-electron chi connectivity index (χ1n) is 4.94. The maximum absolute atomic E-state index is 11.8. The molecule has 0 spiro atoms. The number of aromatic nitrogens is 1. The van der Waals surface area contributed by atoms with Crippen LogP contribution in [0, 0.1) is 6.92 Å². The van der Waals surface area contributed by atoms with Gasteiger partial charge in [-0.3, -0.25) is 4.79 Å². The van der Waals surface area contributed by atoms with E-state index < -0.39 is 5.97 Å². The molecule has 0 unspecified atom stereocenters. The fourth-order valence-corrected chi connectivity index (χ4v) is 2.30. The van der Waals surface area contributed by atoms with Crippen LogP contribution in [0.3, 0.4) is 0 Å². The van der Waals surface area contributed by atoms with Gasteiger partial charge in [0.25, 0.3) is 5.56 Å². The van der Waals surface area contributed by atoms with Crippen molar-refractivity contribution in [3.8, 4) is 0 Å². The number of methoxy groups -OCH3 is 1. The number of hydrogen-bond donors (Lipinski definition) is 1. The lowest BCUT2D eigenvalue weighted by molar-refractivity contribution is 0.0594. The average molecular weight is 296 g/mol. The number of aromatic amines is 1. The molecule has 5 heteroatoms. The van der Waals surface area contributed by atoms with E-state index in [1.165, 1.54) is 7.11 Å². The van der Waals surface area contributed by atoms with Crippen molar-refractivity contribution >= 4 is 32.7 Å². The SMILES string of the molecule is COC(=O)c1cc2c(C)cc(Br)cc2c(=O)[nH]1. The number of benzene rings is 1. The van der Waals surface area contributed by atoms with Gasteiger partial charge in [-0.05, 0) is 36.1 Å². The summed E-state index contributed by atoms with van der Waals surface area (Å²) in [6, 6.07) is 5.25. The van der Waals surface area contributed by atoms with Crippen LogP contribution in [-0.2, 0) is 4.74 Å². The number of rotatable bonds is 1. The number of hydrogen-bond acceptors (Lipinski definition) is 3. The zero-order valence-electron chi connectivity index (χ0n) is 9.33. The predicted octanol–water partition coefficient (Wildman–Crippen LogP) is 2.39. The fraction of sp³-hybridized carbons (Fsp3) is 0.167. The van der Waals surface area contributed by atoms with Gasteiger partial charge in [0.05, 0.1) is 7.11 Å². The zero-order chi connectivity index (χ0) is 12.6. The van der Waals surface area contributed by atoms with E-state index in [4.69, 9.17) is 0 Å². The second kappa shape index (κ2) is 4.33. The van der Waals surface area contributed by atoms with Crippen LogP contribution in [0.4, 0.5) is 0 Å². The van der Waals surface area contributed by atoms with E-state index in [9.17, 15) is 9.59 Å². The molecular formula is C12H10BrNO3. The molecule has 0 saturated carbocycles. The molecule has 17 heavy (non-hydrogen) atoms. The molecule has 0 atom stereocenters. The van der Waals surface area contributed by atoms with E-state index in [1.807, 2.05) is 13.0 Å². The summed E-state index contributed by atoms with van der Waals surface area (Å²) >= 11 is 3.33. The number of aryl methyl sites for hydroxylation is 1. The molecule has 0 radical (unpaired) electrons. The molecule has 88 valence electrons. The number of carbonyl (C=O) groups excluding carboxylic acids is 1. The molecule has 1 aromatic carbocycles. The summed E-state index contributed by atoms with van der Waals surface area (Å²) in [5.74, 6) is -0.550. The normalized spacial score (nSPS) is 10.5. The molecule has 1 N–H and O–H groups in total. The van der Waals surface area contributed by atoms with Crippen molar-refractivity contribution in [2.24, 2.45) is 0 Å². The number of fused-ring (bicyclic) bond motifs is 1. The summed E-state index contributed by atoms with van der Waals surface area (Å²) in [4.78, 5) is 25.7. The largest absolute Gasteiger partial charge is 0.464 e. The molecule has 0 aliphatic rings. The Balaban J connectivity index is 2.82. The Morgan fingerprint density at radius 2 is 2.00 bits per heavy atom. The predicted molar refractivity (Wildman–Crippen MR) is 68.3 cm³/mol. The monoisotopic (exact) mass is 295 g/mol. The van der Waals surface area contributed by atoms with Crippen molar-refractivity contribution in [1.29, 1.82) is 0 Å². The van der Waals surface area contributed by atoms with Crippen molar-refractivity contribution in [2.45, 2.75) is 6.92 Å². The molecule has 1 heterocycles. The molecule has 0 bridgehead atoms. The number of H-pyrrole nitrogens is 1. The van der Waals surface area contributed by atoms with Gasteiger partial charge in [-0.2, -0.15) is 0 Å². The smallest absolute Gasteiger partial charge is 0.354 e. The molecular weight excluding hydrogens is 286 g/mol. The van der Waals surface area contributed by atoms with Crippen LogP contribution < -0.4 is 5.56 Å². The van der Waals surface area contributed by atoms with Gasteiger partial charge in [0, 0.05) is 9.86 Å². The van der Waals surface area contributed by atoms with Crippen LogP contribution in [0.25, 0.3) is 10.8 Å². The van der Waals surface area contributed by atoms with E-state index >= 15 is 0 Å². The number of carbonyl (C=O) groups is 1. The van der Waals surface area contributed by atoms with Crippen molar-refractivity contribution in [1.82, 2.24) is 4.98 Å². The third kappa shape index (κ3) is 2.10. The second-order valence-corrected chi connectivity index (χ2v) is 4.60. The van der Waals surface area contributed by atoms with E-state index in [-0.39, 0.29) is 11.3 Å². The molecule has 1 aromatic heterocycles. The van der Waals surface area contributed by atoms with Gasteiger partial charge in [0.1, 0.15) is 5.69 Å². The number of ether oxygens (including phenoxy) is 1. The van der Waals surface area contributed by atoms with E-state index in [2.05, 4.69) is 25.7 Å². The van der Waals surface area contributed by atoms with E-state index in [0.717, 1.165) is 15.4 Å². The van der Waals surface area contributed by atoms with Gasteiger partial charge in [0.2, 0.25) is 0 Å². The summed E-state index contributed by atoms with van der Waals surface area (Å²) in [6.45, 7) is 1.88. The van der Waals surface area contributed by atoms with Crippen LogP contribution in [0.15, 0.2) is 27.5 Å². The molecule has 2 rings (SSSR count). The van der Waals surface area contributed by atoms with E-state index in [0.29, 0.717) is 5.39 Å². The van der Waals surface area contributed by atoms with Crippen LogP contribution in [0.5, 0.6) is 0 Å². The Labute approximate surface area is 106 Å². The van der Waals surface area contributed by atoms with Crippen molar-refractivity contribution < 1.29 is 9.53 Å². The lowest BCUT2D eigenvalue weighted by Gasteiger charge is -2.05. The van der Waals surface area contributed by atoms with Gasteiger partial charge in [-0.1, -0.05) is 15.9 Å². The number of halogens is 1. The Hall–Kier alpha value is -1.62. The Bertz CT molecular complexity index is 661. The lowest BCUT2D eigenvalue weighted by Crippen LogP contribution is -2.14. The topological polar surface area (TPSA) is 59.2 Å². The molecule has 0 aliphatic carbocycles. The van der Waals surface area contributed by atoms with Gasteiger partial charge < -0.3 is 9.72 Å². The van der Waals surface area contributed by atoms with Gasteiger partial charge >= 0.3 is 5.97 Å². The van der Waals surface area contributed by atoms with Crippen molar-refractivity contribution in [2.75, 3.05) is 7.11 Å². The Morgan fingerprint density at radius 3 is 2.65 bits per heavy atom. The van der Waals surface area contributed by atoms with Gasteiger partial charge in [-0.15, -0.1) is 0 Å². The first-order chi connectivity index (χ1) is 8.02. The minimum Gasteiger partial charge on any atom is -0.464 e. The maximum atomic E-state index is 11.8. The summed E-state index contributed by atoms with van der Waals surface area (Å²) in [5, 5.41) is 1.29. The summed E-state index contributed by atoms with van der Waals surface area (Å²) in [6.07, 6.45) is 0. The molecule has 0 saturated heterocycles. The molecule has 0 amide bonds. The van der Waals surface area contributed by atoms with Crippen LogP contribution in [0.2, 0.25) is 0 Å². The van der Waals surface area contributed by atoms with Crippen LogP contribution in [0.1, 0.15) is 16.1 Å². The Kier molecular flexibility index (Phi) is 3.02. The maximum Gasteiger partial charge on any atom is 0.354 e. The van der Waals surface area contributed by atoms with Gasteiger partial charge in [-0.25, -0.2) is 4.79 Å². The fourth-order valence-electron chi connectivity index (χ4n) is 1.72. The average Bonchev–Trinajstić information content (AvgIpc) is 2.29. The quantitative estimate of drug-likeness (QED) is 0.822. The first-order valence-corrected chi connectivity index (χ1v) is 5.73. The highest BCUT2D eigenvalue weighted by molar-refractivity contribution is 9.10. The third-order valence-electron chi connectivity index (χ3n) is 2.54. The highest BCUT2D eigenvalue weighted by atomic mass is 79.9. The molecule has 0 fully saturated rings. The van der Waals surface area contributed by atoms with Crippen molar-refractivity contribution in [3.05, 3.63) is 44.3 Å². The van der Waals surface area contributed by atoms with Crippen molar-refractivity contribution in [3.63, 3.8) is 0 Å². The molecule has 2 aromatic rings. The summed E-state index contributed by atoms with van der Waals surface area (Å²) in [7, 11) is 1.28. The highest BCUT2D eigenvalue weighted by Gasteiger charge is 2.11. The number of pyridine rings is 1. The van der Waals surface area contributed by atoms with E-state index in [1.54, 1.807) is 12.1 Å². The molecule has 0 aliphatic heterocycles. The number of nitrogens with one attached hydrogen (secondary N) is 1. The van der Waals surface area contributed by atoms with Crippen LogP contribution >= 0.6 is 15.9 Å². The minimum absolute atomic E-state index is 0.162. The Morgan fingerprint density at radius 1 is 1.29 bits per heavy atom. The molecule has 4 nitrogen and oxygen atoms in total. The third-order valence-corrected chi connectivity index (χ3v) is 3.00. The second-order valence-electron chi connectivity index (χ2n) is 3.69. The van der Waals surface area contributed by atoms with Gasteiger partial charge in [0.15, 0.2) is 0 Å². The zero-order valence-corrected chi connectivity index (χ0v) is 10.9. The highest BCUT2D eigenvalue weighted by Crippen LogP contribution is 2.21. The summed E-state index contributed by atoms with van der Waals surface area (Å²) in [5.41, 5.74) is 0.786.